The zero-order chi connectivity index (χ0) is 22.7. The third-order valence-corrected chi connectivity index (χ3v) is 5.55. The Kier molecular flexibility index (Phi) is 6.19. The van der Waals surface area contributed by atoms with Crippen molar-refractivity contribution >= 4 is 5.69 Å². The molecule has 0 aliphatic carbocycles. The number of hydrogen-bond donors (Lipinski definition) is 1. The highest BCUT2D eigenvalue weighted by atomic mass is 19.1. The molecule has 1 fully saturated rings. The molecule has 1 aromatic heterocycles. The molecule has 8 heteroatoms. The molecule has 1 atom stereocenters. The average molecular weight is 434 g/mol. The molecule has 0 amide bonds. The van der Waals surface area contributed by atoms with Crippen molar-refractivity contribution in [3.8, 4) is 34.1 Å². The van der Waals surface area contributed by atoms with Crippen LogP contribution in [0.2, 0.25) is 0 Å². The molecule has 0 saturated carbocycles. The zero-order valence-electron chi connectivity index (χ0n) is 17.9. The van der Waals surface area contributed by atoms with E-state index in [0.29, 0.717) is 34.7 Å². The molecule has 32 heavy (non-hydrogen) atoms. The van der Waals surface area contributed by atoms with E-state index in [1.807, 2.05) is 0 Å². The quantitative estimate of drug-likeness (QED) is 0.595. The number of hydrogen-bond acceptors (Lipinski definition) is 5. The van der Waals surface area contributed by atoms with Crippen LogP contribution in [0.1, 0.15) is 12.8 Å². The molecule has 1 aliphatic heterocycles. The lowest BCUT2D eigenvalue weighted by atomic mass is 10.00. The van der Waals surface area contributed by atoms with Crippen LogP contribution in [-0.2, 0) is 7.05 Å². The SMILES string of the molecule is [C-]#[N+]c1ccc(-c2nc(OCC3CCCN3)n(C)c(=O)c2-c2ccc(OC)cc2)cc1F. The third kappa shape index (κ3) is 4.20. The van der Waals surface area contributed by atoms with Crippen LogP contribution in [-0.4, -0.2) is 35.9 Å². The van der Waals surface area contributed by atoms with Gasteiger partial charge in [0.2, 0.25) is 5.69 Å². The maximum Gasteiger partial charge on any atom is 0.299 e. The van der Waals surface area contributed by atoms with Crippen LogP contribution < -0.4 is 20.3 Å². The van der Waals surface area contributed by atoms with Crippen molar-refractivity contribution in [2.24, 2.45) is 7.05 Å². The Balaban J connectivity index is 1.85. The van der Waals surface area contributed by atoms with E-state index < -0.39 is 5.82 Å². The van der Waals surface area contributed by atoms with Crippen molar-refractivity contribution in [1.29, 1.82) is 0 Å². The smallest absolute Gasteiger partial charge is 0.299 e. The lowest BCUT2D eigenvalue weighted by Crippen LogP contribution is -2.30. The second-order valence-corrected chi connectivity index (χ2v) is 7.59. The molecule has 3 aromatic rings. The van der Waals surface area contributed by atoms with Gasteiger partial charge >= 0.3 is 0 Å². The number of nitrogens with zero attached hydrogens (tertiary/aromatic N) is 3. The summed E-state index contributed by atoms with van der Waals surface area (Å²) in [5.41, 5.74) is 1.21. The molecule has 1 unspecified atom stereocenters. The minimum atomic E-state index is -0.668. The summed E-state index contributed by atoms with van der Waals surface area (Å²) in [5.74, 6) is -0.0187. The van der Waals surface area contributed by atoms with Crippen molar-refractivity contribution in [2.45, 2.75) is 18.9 Å². The van der Waals surface area contributed by atoms with E-state index in [0.717, 1.165) is 19.4 Å². The van der Waals surface area contributed by atoms with Gasteiger partial charge in [0.25, 0.3) is 11.6 Å². The van der Waals surface area contributed by atoms with Crippen LogP contribution in [0.4, 0.5) is 10.1 Å². The zero-order valence-corrected chi connectivity index (χ0v) is 17.9. The van der Waals surface area contributed by atoms with Crippen molar-refractivity contribution in [3.63, 3.8) is 0 Å². The molecule has 0 radical (unpaired) electrons. The first-order valence-electron chi connectivity index (χ1n) is 10.3. The predicted molar refractivity (Wildman–Crippen MR) is 120 cm³/mol. The van der Waals surface area contributed by atoms with Gasteiger partial charge in [-0.3, -0.25) is 9.36 Å². The summed E-state index contributed by atoms with van der Waals surface area (Å²) < 4.78 is 26.9. The van der Waals surface area contributed by atoms with E-state index in [1.165, 1.54) is 16.7 Å². The van der Waals surface area contributed by atoms with Crippen molar-refractivity contribution in [2.75, 3.05) is 20.3 Å². The first-order chi connectivity index (χ1) is 15.5. The van der Waals surface area contributed by atoms with E-state index in [-0.39, 0.29) is 23.3 Å². The van der Waals surface area contributed by atoms with Gasteiger partial charge in [0.05, 0.1) is 24.9 Å². The molecule has 2 heterocycles. The highest BCUT2D eigenvalue weighted by molar-refractivity contribution is 5.81. The van der Waals surface area contributed by atoms with Crippen LogP contribution in [0.15, 0.2) is 47.3 Å². The number of methoxy groups -OCH3 is 1. The molecule has 4 rings (SSSR count). The Morgan fingerprint density at radius 3 is 2.62 bits per heavy atom. The minimum Gasteiger partial charge on any atom is -0.497 e. The number of nitrogens with one attached hydrogen (secondary N) is 1. The number of rotatable bonds is 6. The Morgan fingerprint density at radius 1 is 1.25 bits per heavy atom. The summed E-state index contributed by atoms with van der Waals surface area (Å²) >= 11 is 0. The van der Waals surface area contributed by atoms with Gasteiger partial charge in [-0.2, -0.15) is 4.98 Å². The van der Waals surface area contributed by atoms with Gasteiger partial charge in [-0.25, -0.2) is 9.24 Å². The first kappa shape index (κ1) is 21.5. The largest absolute Gasteiger partial charge is 0.497 e. The van der Waals surface area contributed by atoms with E-state index in [1.54, 1.807) is 44.5 Å². The van der Waals surface area contributed by atoms with Gasteiger partial charge in [-0.15, -0.1) is 0 Å². The Morgan fingerprint density at radius 2 is 2.00 bits per heavy atom. The summed E-state index contributed by atoms with van der Waals surface area (Å²) in [5, 5.41) is 3.35. The standard InChI is InChI=1S/C24H23FN4O3/c1-26-20-11-8-16(13-19(20)25)22-21(15-6-9-18(31-3)10-7-15)23(30)29(2)24(28-22)32-14-17-5-4-12-27-17/h6-11,13,17,27H,4-5,12,14H2,2-3H3. The summed E-state index contributed by atoms with van der Waals surface area (Å²) in [6.45, 7) is 8.41. The van der Waals surface area contributed by atoms with E-state index in [4.69, 9.17) is 16.0 Å². The summed E-state index contributed by atoms with van der Waals surface area (Å²) in [6, 6.07) is 11.6. The molecule has 0 bridgehead atoms. The molecular weight excluding hydrogens is 411 g/mol. The van der Waals surface area contributed by atoms with Gasteiger partial charge in [0.1, 0.15) is 18.2 Å². The van der Waals surface area contributed by atoms with Crippen LogP contribution in [0, 0.1) is 12.4 Å². The molecule has 1 N–H and O–H groups in total. The molecule has 0 spiro atoms. The molecular formula is C24H23FN4O3. The molecule has 164 valence electrons. The molecule has 2 aromatic carbocycles. The van der Waals surface area contributed by atoms with Crippen LogP contribution in [0.5, 0.6) is 11.8 Å². The maximum absolute atomic E-state index is 14.4. The Labute approximate surface area is 185 Å². The highest BCUT2D eigenvalue weighted by Crippen LogP contribution is 2.32. The average Bonchev–Trinajstić information content (AvgIpc) is 3.33. The fraction of sp³-hybridized carbons (Fsp3) is 0.292. The van der Waals surface area contributed by atoms with Gasteiger partial charge in [0, 0.05) is 18.7 Å². The van der Waals surface area contributed by atoms with Crippen molar-refractivity contribution < 1.29 is 13.9 Å². The summed E-state index contributed by atoms with van der Waals surface area (Å²) in [7, 11) is 3.17. The number of aromatic nitrogens is 2. The Hall–Kier alpha value is -3.70. The van der Waals surface area contributed by atoms with Crippen molar-refractivity contribution in [1.82, 2.24) is 14.9 Å². The fourth-order valence-electron chi connectivity index (χ4n) is 3.76. The predicted octanol–water partition coefficient (Wildman–Crippen LogP) is 3.94. The topological polar surface area (TPSA) is 69.7 Å². The number of ether oxygens (including phenoxy) is 2. The second kappa shape index (κ2) is 9.20. The third-order valence-electron chi connectivity index (χ3n) is 5.55. The van der Waals surface area contributed by atoms with Crippen LogP contribution >= 0.6 is 0 Å². The monoisotopic (exact) mass is 434 g/mol. The molecule has 7 nitrogen and oxygen atoms in total. The van der Waals surface area contributed by atoms with Crippen LogP contribution in [0.25, 0.3) is 27.2 Å². The highest BCUT2D eigenvalue weighted by Gasteiger charge is 2.21. The van der Waals surface area contributed by atoms with Crippen molar-refractivity contribution in [3.05, 3.63) is 70.1 Å². The lowest BCUT2D eigenvalue weighted by molar-refractivity contribution is 0.246. The van der Waals surface area contributed by atoms with Gasteiger partial charge in [-0.1, -0.05) is 24.3 Å². The first-order valence-corrected chi connectivity index (χ1v) is 10.3. The normalized spacial score (nSPS) is 15.4. The Bertz CT molecular complexity index is 1230. The van der Waals surface area contributed by atoms with E-state index >= 15 is 0 Å². The summed E-state index contributed by atoms with van der Waals surface area (Å²) in [4.78, 5) is 21.2. The second-order valence-electron chi connectivity index (χ2n) is 7.59. The fourth-order valence-corrected chi connectivity index (χ4v) is 3.76. The van der Waals surface area contributed by atoms with Gasteiger partial charge < -0.3 is 14.8 Å². The van der Waals surface area contributed by atoms with Crippen LogP contribution in [0.3, 0.4) is 0 Å². The number of benzene rings is 2. The minimum absolute atomic E-state index is 0.0904. The van der Waals surface area contributed by atoms with E-state index in [9.17, 15) is 9.18 Å². The summed E-state index contributed by atoms with van der Waals surface area (Å²) in [6.07, 6.45) is 2.07. The maximum atomic E-state index is 14.4. The van der Waals surface area contributed by atoms with Gasteiger partial charge in [-0.05, 0) is 43.1 Å². The lowest BCUT2D eigenvalue weighted by Gasteiger charge is -2.17. The van der Waals surface area contributed by atoms with E-state index in [2.05, 4.69) is 15.1 Å². The molecule has 1 aliphatic rings. The van der Waals surface area contributed by atoms with Gasteiger partial charge in [0.15, 0.2) is 0 Å². The number of halogens is 1. The molecule has 1 saturated heterocycles.